The fourth-order valence-corrected chi connectivity index (χ4v) is 6.38. The maximum Gasteiger partial charge on any atom is 0.310 e. The van der Waals surface area contributed by atoms with E-state index in [0.29, 0.717) is 36.8 Å². The van der Waals surface area contributed by atoms with E-state index >= 15 is 0 Å². The van der Waals surface area contributed by atoms with Crippen molar-refractivity contribution in [1.29, 1.82) is 0 Å². The van der Waals surface area contributed by atoms with Gasteiger partial charge in [-0.05, 0) is 64.5 Å². The molecular weight excluding hydrogens is 616 g/mol. The molecule has 48 heavy (non-hydrogen) atoms. The molecule has 0 saturated carbocycles. The third-order valence-corrected chi connectivity index (χ3v) is 8.71. The number of rotatable bonds is 17. The van der Waals surface area contributed by atoms with Gasteiger partial charge in [0.1, 0.15) is 6.10 Å². The average Bonchev–Trinajstić information content (AvgIpc) is 3.04. The molecule has 7 unspecified atom stereocenters. The number of hydrogen-bond donors (Lipinski definition) is 1. The summed E-state index contributed by atoms with van der Waals surface area (Å²) >= 11 is 0. The molecule has 0 bridgehead atoms. The number of allylic oxidation sites excluding steroid dienone is 2. The lowest BCUT2D eigenvalue weighted by Crippen LogP contribution is -2.46. The van der Waals surface area contributed by atoms with Crippen LogP contribution in [0.15, 0.2) is 47.3 Å². The number of ether oxygens (including phenoxy) is 5. The van der Waals surface area contributed by atoms with E-state index in [9.17, 15) is 24.3 Å². The second-order valence-electron chi connectivity index (χ2n) is 13.4. The molecule has 10 heteroatoms. The molecule has 2 aliphatic rings. The summed E-state index contributed by atoms with van der Waals surface area (Å²) in [6.45, 7) is 15.9. The minimum Gasteiger partial charge on any atom is -0.462 e. The molecule has 1 N–H and O–H groups in total. The van der Waals surface area contributed by atoms with Gasteiger partial charge in [0, 0.05) is 32.3 Å². The van der Waals surface area contributed by atoms with Gasteiger partial charge >= 0.3 is 23.9 Å². The number of aliphatic hydroxyl groups excluding tert-OH is 1. The largest absolute Gasteiger partial charge is 0.462 e. The number of fused-ring (bicyclic) bond motifs is 1. The molecule has 0 aromatic rings. The summed E-state index contributed by atoms with van der Waals surface area (Å²) in [6.07, 6.45) is 9.81. The van der Waals surface area contributed by atoms with Gasteiger partial charge < -0.3 is 28.8 Å². The number of carbonyl (C=O) groups excluding carboxylic acids is 4. The van der Waals surface area contributed by atoms with Crippen LogP contribution in [0.5, 0.6) is 0 Å². The smallest absolute Gasteiger partial charge is 0.310 e. The van der Waals surface area contributed by atoms with Crippen LogP contribution < -0.4 is 0 Å². The van der Waals surface area contributed by atoms with Gasteiger partial charge in [0.05, 0.1) is 24.7 Å². The molecular formula is C38H58O10. The fraction of sp³-hybridized carbons (Fsp3) is 0.684. The molecule has 270 valence electrons. The van der Waals surface area contributed by atoms with Crippen molar-refractivity contribution in [3.63, 3.8) is 0 Å². The zero-order valence-corrected chi connectivity index (χ0v) is 30.1. The quantitative estimate of drug-likeness (QED) is 0.0723. The van der Waals surface area contributed by atoms with E-state index in [1.807, 2.05) is 26.8 Å². The van der Waals surface area contributed by atoms with Gasteiger partial charge in [0.15, 0.2) is 12.2 Å². The first-order valence-electron chi connectivity index (χ1n) is 17.5. The molecule has 0 radical (unpaired) electrons. The number of unbranched alkanes of at least 4 members (excludes halogenated alkanes) is 6. The van der Waals surface area contributed by atoms with Gasteiger partial charge in [-0.2, -0.15) is 0 Å². The minimum absolute atomic E-state index is 0.154. The molecule has 0 fully saturated rings. The highest BCUT2D eigenvalue weighted by Gasteiger charge is 2.46. The Kier molecular flexibility index (Phi) is 17.7. The van der Waals surface area contributed by atoms with Crippen molar-refractivity contribution in [3.05, 3.63) is 47.3 Å². The lowest BCUT2D eigenvalue weighted by molar-refractivity contribution is -0.184. The van der Waals surface area contributed by atoms with Crippen LogP contribution in [0.3, 0.4) is 0 Å². The highest BCUT2D eigenvalue weighted by molar-refractivity contribution is 5.72. The molecule has 2 rings (SSSR count). The number of esters is 4. The fourth-order valence-electron chi connectivity index (χ4n) is 6.38. The van der Waals surface area contributed by atoms with Gasteiger partial charge in [-0.15, -0.1) is 0 Å². The summed E-state index contributed by atoms with van der Waals surface area (Å²) in [4.78, 5) is 50.0. The van der Waals surface area contributed by atoms with Gasteiger partial charge in [-0.3, -0.25) is 19.2 Å². The first-order chi connectivity index (χ1) is 22.7. The van der Waals surface area contributed by atoms with Crippen LogP contribution in [-0.4, -0.2) is 59.7 Å². The topological polar surface area (TPSA) is 135 Å². The Morgan fingerprint density at radius 1 is 0.958 bits per heavy atom. The normalized spacial score (nSPS) is 23.9. The van der Waals surface area contributed by atoms with E-state index in [2.05, 4.69) is 13.5 Å². The first kappa shape index (κ1) is 40.8. The molecule has 0 saturated heterocycles. The van der Waals surface area contributed by atoms with Crippen LogP contribution >= 0.6 is 0 Å². The second-order valence-corrected chi connectivity index (χ2v) is 13.4. The van der Waals surface area contributed by atoms with Crippen molar-refractivity contribution < 1.29 is 48.0 Å². The third-order valence-electron chi connectivity index (χ3n) is 8.71. The second kappa shape index (κ2) is 20.9. The molecule has 0 spiro atoms. The van der Waals surface area contributed by atoms with Gasteiger partial charge in [0.25, 0.3) is 0 Å². The molecule has 1 heterocycles. The number of carbonyl (C=O) groups is 4. The lowest BCUT2D eigenvalue weighted by atomic mass is 9.73. The molecule has 1 aliphatic carbocycles. The van der Waals surface area contributed by atoms with Crippen molar-refractivity contribution in [1.82, 2.24) is 0 Å². The maximum atomic E-state index is 13.5. The SMILES string of the molecule is C=C1C(O)C/C=C(/C)CCC2C(C(OC(C)=O)C(C=C(C)C)OC(=O)CC(CCCCCCCCC)OC(C)=O)=COC(OC(C)=O)C12. The Balaban J connectivity index is 2.41. The molecule has 10 nitrogen and oxygen atoms in total. The molecule has 7 atom stereocenters. The molecule has 0 amide bonds. The summed E-state index contributed by atoms with van der Waals surface area (Å²) < 4.78 is 28.9. The number of hydrogen-bond acceptors (Lipinski definition) is 10. The molecule has 0 aromatic carbocycles. The summed E-state index contributed by atoms with van der Waals surface area (Å²) in [5, 5.41) is 11.0. The van der Waals surface area contributed by atoms with E-state index in [0.717, 1.165) is 36.8 Å². The minimum atomic E-state index is -1.10. The van der Waals surface area contributed by atoms with Crippen LogP contribution in [0, 0.1) is 11.8 Å². The van der Waals surface area contributed by atoms with Gasteiger partial charge in [-0.1, -0.05) is 69.2 Å². The van der Waals surface area contributed by atoms with E-state index < -0.39 is 66.4 Å². The summed E-state index contributed by atoms with van der Waals surface area (Å²) in [5.74, 6) is -3.35. The highest BCUT2D eigenvalue weighted by atomic mass is 16.7. The van der Waals surface area contributed by atoms with Crippen LogP contribution in [0.1, 0.15) is 126 Å². The van der Waals surface area contributed by atoms with Crippen LogP contribution in [0.2, 0.25) is 0 Å². The lowest BCUT2D eigenvalue weighted by Gasteiger charge is -2.42. The van der Waals surface area contributed by atoms with E-state index in [-0.39, 0.29) is 6.42 Å². The summed E-state index contributed by atoms with van der Waals surface area (Å²) in [7, 11) is 0. The zero-order chi connectivity index (χ0) is 35.8. The Labute approximate surface area is 286 Å². The van der Waals surface area contributed by atoms with Crippen LogP contribution in [0.4, 0.5) is 0 Å². The number of aliphatic hydroxyl groups is 1. The van der Waals surface area contributed by atoms with Crippen molar-refractivity contribution in [3.8, 4) is 0 Å². The Morgan fingerprint density at radius 3 is 2.21 bits per heavy atom. The monoisotopic (exact) mass is 674 g/mol. The van der Waals surface area contributed by atoms with Gasteiger partial charge in [0.2, 0.25) is 6.29 Å². The van der Waals surface area contributed by atoms with Crippen molar-refractivity contribution in [2.45, 2.75) is 156 Å². The van der Waals surface area contributed by atoms with Crippen LogP contribution in [0.25, 0.3) is 0 Å². The summed E-state index contributed by atoms with van der Waals surface area (Å²) in [6, 6.07) is 0. The Morgan fingerprint density at radius 2 is 1.60 bits per heavy atom. The van der Waals surface area contributed by atoms with Gasteiger partial charge in [-0.25, -0.2) is 0 Å². The predicted molar refractivity (Wildman–Crippen MR) is 182 cm³/mol. The average molecular weight is 675 g/mol. The molecule has 0 aromatic heterocycles. The van der Waals surface area contributed by atoms with Crippen molar-refractivity contribution in [2.75, 3.05) is 0 Å². The van der Waals surface area contributed by atoms with E-state index in [1.165, 1.54) is 46.3 Å². The van der Waals surface area contributed by atoms with Crippen molar-refractivity contribution >= 4 is 23.9 Å². The summed E-state index contributed by atoms with van der Waals surface area (Å²) in [5.41, 5.74) is 2.81. The maximum absolute atomic E-state index is 13.5. The predicted octanol–water partition coefficient (Wildman–Crippen LogP) is 7.34. The van der Waals surface area contributed by atoms with E-state index in [4.69, 9.17) is 23.7 Å². The first-order valence-corrected chi connectivity index (χ1v) is 17.5. The zero-order valence-electron chi connectivity index (χ0n) is 30.1. The van der Waals surface area contributed by atoms with E-state index in [1.54, 1.807) is 6.08 Å². The highest BCUT2D eigenvalue weighted by Crippen LogP contribution is 2.44. The Bertz CT molecular complexity index is 1190. The third kappa shape index (κ3) is 14.0. The van der Waals surface area contributed by atoms with Crippen LogP contribution in [-0.2, 0) is 42.9 Å². The Hall–Kier alpha value is -3.40. The standard InChI is InChI=1S/C38H58O10/c1-9-10-11-12-13-14-15-16-30(45-27(6)39)22-35(43)48-34(21-24(2)3)37(46-28(7)40)32-23-44-38(47-29(8)41)36-26(5)33(42)20-18-25(4)17-19-31(32)36/h18,21,23,30-31,33-34,36-38,42H,5,9-17,19-20,22H2,1-4,6-8H3/b25-18-. The molecule has 1 aliphatic heterocycles. The van der Waals surface area contributed by atoms with Crippen molar-refractivity contribution in [2.24, 2.45) is 11.8 Å².